The van der Waals surface area contributed by atoms with Crippen molar-refractivity contribution in [2.24, 2.45) is 0 Å². The summed E-state index contributed by atoms with van der Waals surface area (Å²) in [7, 11) is 1.67. The zero-order valence-electron chi connectivity index (χ0n) is 14.1. The number of nitrogens with zero attached hydrogens (tertiary/aromatic N) is 1. The van der Waals surface area contributed by atoms with E-state index in [-0.39, 0.29) is 18.5 Å². The lowest BCUT2D eigenvalue weighted by Crippen LogP contribution is -2.33. The van der Waals surface area contributed by atoms with Crippen LogP contribution in [-0.2, 0) is 16.1 Å². The Morgan fingerprint density at radius 2 is 2.08 bits per heavy atom. The average Bonchev–Trinajstić information content (AvgIpc) is 2.92. The predicted octanol–water partition coefficient (Wildman–Crippen LogP) is 2.93. The Bertz CT molecular complexity index is 722. The summed E-state index contributed by atoms with van der Waals surface area (Å²) in [5, 5.41) is 9.74. The molecule has 3 rings (SSSR count). The standard InChI is InChI=1S/C19H23NO4/c1-13-7-8-17(16-5-3-4-6-18(16)23-2)20(13)10-9-15-11-14(21)12-19(22)24-15/h3-8,14-15,21H,9-12H2,1-2H3/t14-,15-/m0/s1. The number of hydrogen-bond acceptors (Lipinski definition) is 4. The molecule has 0 unspecified atom stereocenters. The van der Waals surface area contributed by atoms with Crippen molar-refractivity contribution >= 4 is 5.97 Å². The topological polar surface area (TPSA) is 60.7 Å². The van der Waals surface area contributed by atoms with Crippen molar-refractivity contribution in [3.8, 4) is 17.0 Å². The molecule has 24 heavy (non-hydrogen) atoms. The molecule has 2 aromatic rings. The number of carbonyl (C=O) groups is 1. The molecule has 5 heteroatoms. The van der Waals surface area contributed by atoms with Gasteiger partial charge in [0.2, 0.25) is 0 Å². The average molecular weight is 329 g/mol. The fourth-order valence-electron chi connectivity index (χ4n) is 3.27. The van der Waals surface area contributed by atoms with Gasteiger partial charge in [0.25, 0.3) is 0 Å². The van der Waals surface area contributed by atoms with Crippen LogP contribution in [0.1, 0.15) is 25.0 Å². The lowest BCUT2D eigenvalue weighted by atomic mass is 10.0. The van der Waals surface area contributed by atoms with Gasteiger partial charge in [-0.05, 0) is 31.2 Å². The summed E-state index contributed by atoms with van der Waals surface area (Å²) in [5.41, 5.74) is 3.25. The van der Waals surface area contributed by atoms with E-state index in [2.05, 4.69) is 23.6 Å². The number of aromatic nitrogens is 1. The van der Waals surface area contributed by atoms with Crippen molar-refractivity contribution in [1.82, 2.24) is 4.57 Å². The summed E-state index contributed by atoms with van der Waals surface area (Å²) >= 11 is 0. The van der Waals surface area contributed by atoms with Gasteiger partial charge < -0.3 is 19.1 Å². The summed E-state index contributed by atoms with van der Waals surface area (Å²) in [6.45, 7) is 2.78. The Morgan fingerprint density at radius 1 is 1.29 bits per heavy atom. The van der Waals surface area contributed by atoms with Gasteiger partial charge in [-0.3, -0.25) is 4.79 Å². The molecule has 1 aromatic heterocycles. The van der Waals surface area contributed by atoms with Crippen LogP contribution in [0, 0.1) is 6.92 Å². The monoisotopic (exact) mass is 329 g/mol. The molecule has 128 valence electrons. The maximum Gasteiger partial charge on any atom is 0.308 e. The molecular weight excluding hydrogens is 306 g/mol. The van der Waals surface area contributed by atoms with Gasteiger partial charge in [-0.15, -0.1) is 0 Å². The quantitative estimate of drug-likeness (QED) is 0.857. The third-order valence-electron chi connectivity index (χ3n) is 4.49. The molecule has 0 radical (unpaired) electrons. The number of aliphatic hydroxyl groups is 1. The van der Waals surface area contributed by atoms with Gasteiger partial charge in [0, 0.05) is 30.6 Å². The molecule has 0 saturated carbocycles. The van der Waals surface area contributed by atoms with Gasteiger partial charge in [0.05, 0.1) is 25.3 Å². The second-order valence-corrected chi connectivity index (χ2v) is 6.21. The van der Waals surface area contributed by atoms with E-state index in [4.69, 9.17) is 9.47 Å². The molecule has 1 saturated heterocycles. The SMILES string of the molecule is COc1ccccc1-c1ccc(C)n1CC[C@H]1C[C@H](O)CC(=O)O1. The highest BCUT2D eigenvalue weighted by molar-refractivity contribution is 5.71. The molecule has 1 fully saturated rings. The van der Waals surface area contributed by atoms with Crippen molar-refractivity contribution in [2.45, 2.75) is 44.9 Å². The summed E-state index contributed by atoms with van der Waals surface area (Å²) < 4.78 is 13.0. The highest BCUT2D eigenvalue weighted by Crippen LogP contribution is 2.31. The van der Waals surface area contributed by atoms with Crippen molar-refractivity contribution in [1.29, 1.82) is 0 Å². The lowest BCUT2D eigenvalue weighted by molar-refractivity contribution is -0.160. The molecule has 0 aliphatic carbocycles. The smallest absolute Gasteiger partial charge is 0.308 e. The number of aliphatic hydroxyl groups excluding tert-OH is 1. The van der Waals surface area contributed by atoms with Crippen molar-refractivity contribution in [3.63, 3.8) is 0 Å². The molecule has 1 aliphatic heterocycles. The molecule has 5 nitrogen and oxygen atoms in total. The first kappa shape index (κ1) is 16.6. The van der Waals surface area contributed by atoms with Crippen LogP contribution in [0.25, 0.3) is 11.3 Å². The molecular formula is C19H23NO4. The number of para-hydroxylation sites is 1. The Labute approximate surface area is 141 Å². The fraction of sp³-hybridized carbons (Fsp3) is 0.421. The highest BCUT2D eigenvalue weighted by atomic mass is 16.5. The van der Waals surface area contributed by atoms with E-state index in [9.17, 15) is 9.90 Å². The molecule has 1 N–H and O–H groups in total. The Morgan fingerprint density at radius 3 is 2.83 bits per heavy atom. The van der Waals surface area contributed by atoms with Crippen molar-refractivity contribution < 1.29 is 19.4 Å². The number of carbonyl (C=O) groups excluding carboxylic acids is 1. The molecule has 1 aromatic carbocycles. The summed E-state index contributed by atoms with van der Waals surface area (Å²) in [6, 6.07) is 12.1. The molecule has 2 heterocycles. The third kappa shape index (κ3) is 3.46. The second kappa shape index (κ2) is 7.09. The minimum Gasteiger partial charge on any atom is -0.496 e. The van der Waals surface area contributed by atoms with Crippen LogP contribution < -0.4 is 4.74 Å². The minimum atomic E-state index is -0.587. The van der Waals surface area contributed by atoms with Crippen LogP contribution in [0.4, 0.5) is 0 Å². The lowest BCUT2D eigenvalue weighted by Gasteiger charge is -2.26. The van der Waals surface area contributed by atoms with E-state index in [1.165, 1.54) is 0 Å². The number of aryl methyl sites for hydroxylation is 1. The molecule has 1 aliphatic rings. The molecule has 0 bridgehead atoms. The van der Waals surface area contributed by atoms with E-state index in [1.807, 2.05) is 24.3 Å². The number of ether oxygens (including phenoxy) is 2. The summed E-state index contributed by atoms with van der Waals surface area (Å²) in [6.07, 6.45) is 0.478. The van der Waals surface area contributed by atoms with E-state index < -0.39 is 6.10 Å². The zero-order chi connectivity index (χ0) is 17.1. The number of methoxy groups -OCH3 is 1. The second-order valence-electron chi connectivity index (χ2n) is 6.21. The maximum absolute atomic E-state index is 11.5. The van der Waals surface area contributed by atoms with Crippen LogP contribution in [0.5, 0.6) is 5.75 Å². The normalized spacial score (nSPS) is 20.7. The largest absolute Gasteiger partial charge is 0.496 e. The van der Waals surface area contributed by atoms with Gasteiger partial charge in [0.15, 0.2) is 0 Å². The Balaban J connectivity index is 1.79. The zero-order valence-corrected chi connectivity index (χ0v) is 14.1. The highest BCUT2D eigenvalue weighted by Gasteiger charge is 2.27. The van der Waals surface area contributed by atoms with Gasteiger partial charge in [-0.2, -0.15) is 0 Å². The Kier molecular flexibility index (Phi) is 4.90. The molecule has 2 atom stereocenters. The summed E-state index contributed by atoms with van der Waals surface area (Å²) in [5.74, 6) is 0.518. The van der Waals surface area contributed by atoms with Crippen LogP contribution in [0.15, 0.2) is 36.4 Å². The minimum absolute atomic E-state index is 0.103. The number of cyclic esters (lactones) is 1. The van der Waals surface area contributed by atoms with Crippen molar-refractivity contribution in [2.75, 3.05) is 7.11 Å². The first-order valence-corrected chi connectivity index (χ1v) is 8.25. The first-order chi connectivity index (χ1) is 11.6. The van der Waals surface area contributed by atoms with E-state index in [1.54, 1.807) is 7.11 Å². The van der Waals surface area contributed by atoms with Gasteiger partial charge in [0.1, 0.15) is 11.9 Å². The van der Waals surface area contributed by atoms with Gasteiger partial charge in [-0.25, -0.2) is 0 Å². The van der Waals surface area contributed by atoms with Crippen LogP contribution in [0.2, 0.25) is 0 Å². The van der Waals surface area contributed by atoms with Gasteiger partial charge in [-0.1, -0.05) is 12.1 Å². The first-order valence-electron chi connectivity index (χ1n) is 8.25. The number of hydrogen-bond donors (Lipinski definition) is 1. The molecule has 0 amide bonds. The number of esters is 1. The van der Waals surface area contributed by atoms with E-state index in [0.717, 1.165) is 29.2 Å². The van der Waals surface area contributed by atoms with Crippen LogP contribution in [0.3, 0.4) is 0 Å². The Hall–Kier alpha value is -2.27. The number of rotatable bonds is 5. The van der Waals surface area contributed by atoms with Crippen LogP contribution >= 0.6 is 0 Å². The maximum atomic E-state index is 11.5. The summed E-state index contributed by atoms with van der Waals surface area (Å²) in [4.78, 5) is 11.5. The third-order valence-corrected chi connectivity index (χ3v) is 4.49. The van der Waals surface area contributed by atoms with Crippen LogP contribution in [-0.4, -0.2) is 35.0 Å². The number of benzene rings is 1. The fourth-order valence-corrected chi connectivity index (χ4v) is 3.27. The van der Waals surface area contributed by atoms with Gasteiger partial charge >= 0.3 is 5.97 Å². The van der Waals surface area contributed by atoms with Crippen molar-refractivity contribution in [3.05, 3.63) is 42.1 Å². The van der Waals surface area contributed by atoms with E-state index >= 15 is 0 Å². The predicted molar refractivity (Wildman–Crippen MR) is 90.9 cm³/mol. The van der Waals surface area contributed by atoms with E-state index in [0.29, 0.717) is 12.8 Å². The molecule has 0 spiro atoms.